The van der Waals surface area contributed by atoms with Crippen LogP contribution < -0.4 is 10.2 Å². The molecule has 5 heteroatoms. The summed E-state index contributed by atoms with van der Waals surface area (Å²) in [5.41, 5.74) is 5.66. The molecule has 1 unspecified atom stereocenters. The van der Waals surface area contributed by atoms with Gasteiger partial charge in [-0.3, -0.25) is 9.59 Å². The van der Waals surface area contributed by atoms with Gasteiger partial charge in [-0.1, -0.05) is 29.8 Å². The number of carbonyl (C=O) groups excluding carboxylic acids is 2. The predicted molar refractivity (Wildman–Crippen MR) is 106 cm³/mol. The molecule has 0 saturated carbocycles. The lowest BCUT2D eigenvalue weighted by Crippen LogP contribution is -2.29. The number of aryl methyl sites for hydroxylation is 3. The van der Waals surface area contributed by atoms with Crippen molar-refractivity contribution in [2.75, 3.05) is 16.8 Å². The molecule has 2 aromatic rings. The largest absolute Gasteiger partial charge is 0.326 e. The average Bonchev–Trinajstić information content (AvgIpc) is 2.93. The highest BCUT2D eigenvalue weighted by Crippen LogP contribution is 2.35. The van der Waals surface area contributed by atoms with Crippen molar-refractivity contribution in [3.05, 3.63) is 57.6 Å². The van der Waals surface area contributed by atoms with Crippen molar-refractivity contribution in [1.29, 1.82) is 0 Å². The van der Waals surface area contributed by atoms with E-state index >= 15 is 0 Å². The second kappa shape index (κ2) is 7.12. The molecule has 0 aromatic heterocycles. The Bertz CT molecular complexity index is 869. The fourth-order valence-electron chi connectivity index (χ4n) is 3.47. The van der Waals surface area contributed by atoms with Crippen LogP contribution in [0.4, 0.5) is 11.4 Å². The highest BCUT2D eigenvalue weighted by molar-refractivity contribution is 6.34. The first-order chi connectivity index (χ1) is 12.3. The van der Waals surface area contributed by atoms with Gasteiger partial charge >= 0.3 is 0 Å². The fourth-order valence-corrected chi connectivity index (χ4v) is 3.89. The summed E-state index contributed by atoms with van der Waals surface area (Å²) in [6.45, 7) is 8.24. The molecule has 0 aliphatic carbocycles. The first kappa shape index (κ1) is 18.5. The molecule has 136 valence electrons. The molecule has 1 atom stereocenters. The van der Waals surface area contributed by atoms with Crippen LogP contribution in [0.15, 0.2) is 30.3 Å². The standard InChI is InChI=1S/C21H23ClN2O2/c1-12-8-14(3)20(17(22)9-12)24-11-16(10-19(24)25)21(26)23-18-7-5-6-13(2)15(18)4/h5-9,16H,10-11H2,1-4H3,(H,23,26). The smallest absolute Gasteiger partial charge is 0.229 e. The Kier molecular flexibility index (Phi) is 5.05. The Balaban J connectivity index is 1.80. The number of amides is 2. The van der Waals surface area contributed by atoms with E-state index in [4.69, 9.17) is 11.6 Å². The fraction of sp³-hybridized carbons (Fsp3) is 0.333. The molecule has 1 heterocycles. The molecule has 0 radical (unpaired) electrons. The number of anilines is 2. The summed E-state index contributed by atoms with van der Waals surface area (Å²) in [6, 6.07) is 9.65. The van der Waals surface area contributed by atoms with E-state index < -0.39 is 0 Å². The maximum Gasteiger partial charge on any atom is 0.229 e. The molecular weight excluding hydrogens is 348 g/mol. The maximum atomic E-state index is 12.7. The monoisotopic (exact) mass is 370 g/mol. The van der Waals surface area contributed by atoms with E-state index in [1.165, 1.54) is 0 Å². The van der Waals surface area contributed by atoms with Gasteiger partial charge in [0.25, 0.3) is 0 Å². The zero-order chi connectivity index (χ0) is 19.0. The molecule has 1 saturated heterocycles. The third kappa shape index (κ3) is 3.47. The Morgan fingerprint density at radius 1 is 1.15 bits per heavy atom. The molecule has 0 spiro atoms. The summed E-state index contributed by atoms with van der Waals surface area (Å²) in [5.74, 6) is -0.588. The van der Waals surface area contributed by atoms with Crippen molar-refractivity contribution < 1.29 is 9.59 Å². The lowest BCUT2D eigenvalue weighted by molar-refractivity contribution is -0.122. The van der Waals surface area contributed by atoms with Crippen molar-refractivity contribution in [3.63, 3.8) is 0 Å². The van der Waals surface area contributed by atoms with Crippen molar-refractivity contribution >= 4 is 34.8 Å². The molecule has 2 aromatic carbocycles. The van der Waals surface area contributed by atoms with Crippen LogP contribution in [-0.4, -0.2) is 18.4 Å². The molecular formula is C21H23ClN2O2. The van der Waals surface area contributed by atoms with E-state index in [0.29, 0.717) is 17.3 Å². The van der Waals surface area contributed by atoms with Crippen LogP contribution in [0.25, 0.3) is 0 Å². The first-order valence-corrected chi connectivity index (χ1v) is 9.10. The number of hydrogen-bond acceptors (Lipinski definition) is 2. The van der Waals surface area contributed by atoms with Gasteiger partial charge in [-0.05, 0) is 62.1 Å². The van der Waals surface area contributed by atoms with E-state index in [-0.39, 0.29) is 24.2 Å². The quantitative estimate of drug-likeness (QED) is 0.860. The molecule has 2 amide bonds. The molecule has 26 heavy (non-hydrogen) atoms. The second-order valence-electron chi connectivity index (χ2n) is 7.05. The highest BCUT2D eigenvalue weighted by atomic mass is 35.5. The zero-order valence-electron chi connectivity index (χ0n) is 15.5. The summed E-state index contributed by atoms with van der Waals surface area (Å²) < 4.78 is 0. The third-order valence-corrected chi connectivity index (χ3v) is 5.31. The van der Waals surface area contributed by atoms with Gasteiger partial charge in [0, 0.05) is 18.7 Å². The number of halogens is 1. The van der Waals surface area contributed by atoms with E-state index in [9.17, 15) is 9.59 Å². The number of nitrogens with one attached hydrogen (secondary N) is 1. The minimum Gasteiger partial charge on any atom is -0.326 e. The summed E-state index contributed by atoms with van der Waals surface area (Å²) in [6.07, 6.45) is 0.195. The maximum absolute atomic E-state index is 12.7. The Morgan fingerprint density at radius 2 is 1.88 bits per heavy atom. The molecule has 0 bridgehead atoms. The van der Waals surface area contributed by atoms with Crippen molar-refractivity contribution in [1.82, 2.24) is 0 Å². The summed E-state index contributed by atoms with van der Waals surface area (Å²) in [5, 5.41) is 3.52. The third-order valence-electron chi connectivity index (χ3n) is 5.03. The Labute approximate surface area is 159 Å². The average molecular weight is 371 g/mol. The first-order valence-electron chi connectivity index (χ1n) is 8.72. The van der Waals surface area contributed by atoms with E-state index in [1.807, 2.05) is 58.0 Å². The molecule has 1 N–H and O–H groups in total. The van der Waals surface area contributed by atoms with Gasteiger partial charge in [-0.25, -0.2) is 0 Å². The lowest BCUT2D eigenvalue weighted by atomic mass is 10.1. The van der Waals surface area contributed by atoms with Crippen LogP contribution in [0.3, 0.4) is 0 Å². The molecule has 4 nitrogen and oxygen atoms in total. The van der Waals surface area contributed by atoms with Gasteiger partial charge in [0.1, 0.15) is 0 Å². The Hall–Kier alpha value is -2.33. The van der Waals surface area contributed by atoms with Crippen LogP contribution in [-0.2, 0) is 9.59 Å². The van der Waals surface area contributed by atoms with Crippen LogP contribution in [0.2, 0.25) is 5.02 Å². The van der Waals surface area contributed by atoms with E-state index in [2.05, 4.69) is 5.32 Å². The zero-order valence-corrected chi connectivity index (χ0v) is 16.3. The van der Waals surface area contributed by atoms with Crippen molar-refractivity contribution in [3.8, 4) is 0 Å². The van der Waals surface area contributed by atoms with Gasteiger partial charge < -0.3 is 10.2 Å². The second-order valence-corrected chi connectivity index (χ2v) is 7.46. The lowest BCUT2D eigenvalue weighted by Gasteiger charge is -2.21. The number of hydrogen-bond donors (Lipinski definition) is 1. The van der Waals surface area contributed by atoms with E-state index in [1.54, 1.807) is 4.90 Å². The van der Waals surface area contributed by atoms with Crippen LogP contribution in [0, 0.1) is 33.6 Å². The van der Waals surface area contributed by atoms with E-state index in [0.717, 1.165) is 27.9 Å². The summed E-state index contributed by atoms with van der Waals surface area (Å²) >= 11 is 6.38. The topological polar surface area (TPSA) is 49.4 Å². The number of benzene rings is 2. The van der Waals surface area contributed by atoms with Gasteiger partial charge in [0.05, 0.1) is 16.6 Å². The van der Waals surface area contributed by atoms with Crippen LogP contribution in [0.5, 0.6) is 0 Å². The molecule has 1 fully saturated rings. The van der Waals surface area contributed by atoms with Gasteiger partial charge in [0.2, 0.25) is 11.8 Å². The molecule has 1 aliphatic rings. The SMILES string of the molecule is Cc1cc(C)c(N2CC(C(=O)Nc3cccc(C)c3C)CC2=O)c(Cl)c1. The number of carbonyl (C=O) groups is 2. The van der Waals surface area contributed by atoms with Gasteiger partial charge in [-0.2, -0.15) is 0 Å². The number of rotatable bonds is 3. The molecule has 1 aliphatic heterocycles. The van der Waals surface area contributed by atoms with Gasteiger partial charge in [-0.15, -0.1) is 0 Å². The molecule has 3 rings (SSSR count). The van der Waals surface area contributed by atoms with Crippen LogP contribution >= 0.6 is 11.6 Å². The minimum atomic E-state index is -0.390. The minimum absolute atomic E-state index is 0.0695. The van der Waals surface area contributed by atoms with Crippen molar-refractivity contribution in [2.45, 2.75) is 34.1 Å². The highest BCUT2D eigenvalue weighted by Gasteiger charge is 2.36. The predicted octanol–water partition coefficient (Wildman–Crippen LogP) is 4.57. The normalized spacial score (nSPS) is 16.9. The number of nitrogens with zero attached hydrogens (tertiary/aromatic N) is 1. The van der Waals surface area contributed by atoms with Gasteiger partial charge in [0.15, 0.2) is 0 Å². The summed E-state index contributed by atoms with van der Waals surface area (Å²) in [7, 11) is 0. The van der Waals surface area contributed by atoms with Crippen LogP contribution in [0.1, 0.15) is 28.7 Å². The summed E-state index contributed by atoms with van der Waals surface area (Å²) in [4.78, 5) is 26.9. The Morgan fingerprint density at radius 3 is 2.58 bits per heavy atom. The van der Waals surface area contributed by atoms with Crippen molar-refractivity contribution in [2.24, 2.45) is 5.92 Å².